The largest absolute Gasteiger partial charge is 0.361 e. The average molecular weight is 240 g/mol. The molecule has 1 N–H and O–H groups in total. The molecule has 3 atom stereocenters. The molecular weight excluding hydrogens is 216 g/mol. The summed E-state index contributed by atoms with van der Waals surface area (Å²) in [5.41, 5.74) is 0. The van der Waals surface area contributed by atoms with Crippen LogP contribution >= 0.6 is 11.8 Å². The van der Waals surface area contributed by atoms with Crippen LogP contribution in [0.4, 0.5) is 0 Å². The number of nitrogens with zero attached hydrogens (tertiary/aromatic N) is 1. The van der Waals surface area contributed by atoms with Gasteiger partial charge >= 0.3 is 0 Å². The van der Waals surface area contributed by atoms with E-state index in [9.17, 15) is 0 Å². The third-order valence-corrected chi connectivity index (χ3v) is 4.91. The summed E-state index contributed by atoms with van der Waals surface area (Å²) in [7, 11) is 0. The standard InChI is InChI=1S/C13H24N2S/c1-3-11-9-16-13(14-11)15-12-8-6-4-5-7-10(12)2/h10-12H,3-9H2,1-2H3,(H,14,15). The molecule has 2 nitrogen and oxygen atoms in total. The molecule has 2 rings (SSSR count). The van der Waals surface area contributed by atoms with E-state index in [0.29, 0.717) is 12.1 Å². The SMILES string of the molecule is CCC1CSC(=NC2CCCCCC2C)N1. The molecule has 1 heterocycles. The molecule has 0 aromatic rings. The zero-order chi connectivity index (χ0) is 11.4. The van der Waals surface area contributed by atoms with Gasteiger partial charge in [0.1, 0.15) is 0 Å². The molecule has 1 saturated heterocycles. The molecule has 0 amide bonds. The zero-order valence-corrected chi connectivity index (χ0v) is 11.4. The highest BCUT2D eigenvalue weighted by Crippen LogP contribution is 2.27. The lowest BCUT2D eigenvalue weighted by Crippen LogP contribution is -2.27. The molecular formula is C13H24N2S. The Bertz CT molecular complexity index is 252. The molecule has 2 fully saturated rings. The monoisotopic (exact) mass is 240 g/mol. The van der Waals surface area contributed by atoms with Gasteiger partial charge in [0.25, 0.3) is 0 Å². The maximum atomic E-state index is 4.94. The van der Waals surface area contributed by atoms with Gasteiger partial charge in [-0.25, -0.2) is 0 Å². The Morgan fingerprint density at radius 1 is 1.31 bits per heavy atom. The lowest BCUT2D eigenvalue weighted by atomic mass is 9.98. The molecule has 0 bridgehead atoms. The van der Waals surface area contributed by atoms with Crippen LogP contribution in [0.25, 0.3) is 0 Å². The topological polar surface area (TPSA) is 24.4 Å². The fourth-order valence-electron chi connectivity index (χ4n) is 2.55. The predicted octanol–water partition coefficient (Wildman–Crippen LogP) is 3.43. The summed E-state index contributed by atoms with van der Waals surface area (Å²) < 4.78 is 0. The first kappa shape index (κ1) is 12.3. The number of hydrogen-bond acceptors (Lipinski definition) is 2. The highest BCUT2D eigenvalue weighted by molar-refractivity contribution is 8.14. The fraction of sp³-hybridized carbons (Fsp3) is 0.923. The second-order valence-electron chi connectivity index (χ2n) is 5.18. The molecule has 0 radical (unpaired) electrons. The predicted molar refractivity (Wildman–Crippen MR) is 73.1 cm³/mol. The van der Waals surface area contributed by atoms with Crippen molar-refractivity contribution < 1.29 is 0 Å². The number of rotatable bonds is 2. The van der Waals surface area contributed by atoms with Crippen LogP contribution in [-0.4, -0.2) is 23.0 Å². The van der Waals surface area contributed by atoms with Gasteiger partial charge in [0.2, 0.25) is 0 Å². The van der Waals surface area contributed by atoms with Crippen molar-refractivity contribution in [1.82, 2.24) is 5.32 Å². The molecule has 1 saturated carbocycles. The first-order chi connectivity index (χ1) is 7.79. The summed E-state index contributed by atoms with van der Waals surface area (Å²) in [6.07, 6.45) is 8.05. The lowest BCUT2D eigenvalue weighted by Gasteiger charge is -2.17. The molecule has 1 aliphatic carbocycles. The highest BCUT2D eigenvalue weighted by Gasteiger charge is 2.23. The van der Waals surface area contributed by atoms with Gasteiger partial charge in [0, 0.05) is 11.8 Å². The fourth-order valence-corrected chi connectivity index (χ4v) is 3.69. The number of hydrogen-bond donors (Lipinski definition) is 1. The Hall–Kier alpha value is -0.180. The summed E-state index contributed by atoms with van der Waals surface area (Å²) in [5, 5.41) is 4.76. The Labute approximate surface area is 104 Å². The molecule has 0 aromatic heterocycles. The van der Waals surface area contributed by atoms with E-state index in [-0.39, 0.29) is 0 Å². The molecule has 2 aliphatic rings. The normalized spacial score (nSPS) is 38.4. The van der Waals surface area contributed by atoms with Crippen LogP contribution in [0.1, 0.15) is 52.4 Å². The lowest BCUT2D eigenvalue weighted by molar-refractivity contribution is 0.433. The van der Waals surface area contributed by atoms with E-state index in [1.165, 1.54) is 49.4 Å². The van der Waals surface area contributed by atoms with Crippen LogP contribution in [0.3, 0.4) is 0 Å². The van der Waals surface area contributed by atoms with Gasteiger partial charge in [-0.2, -0.15) is 0 Å². The van der Waals surface area contributed by atoms with Crippen molar-refractivity contribution in [3.63, 3.8) is 0 Å². The number of nitrogens with one attached hydrogen (secondary N) is 1. The van der Waals surface area contributed by atoms with Crippen LogP contribution < -0.4 is 5.32 Å². The van der Waals surface area contributed by atoms with E-state index in [1.54, 1.807) is 0 Å². The van der Waals surface area contributed by atoms with Crippen molar-refractivity contribution in [2.45, 2.75) is 64.5 Å². The molecule has 0 aromatic carbocycles. The van der Waals surface area contributed by atoms with Gasteiger partial charge in [0.05, 0.1) is 6.04 Å². The number of amidine groups is 1. The van der Waals surface area contributed by atoms with Gasteiger partial charge in [-0.05, 0) is 25.2 Å². The van der Waals surface area contributed by atoms with E-state index in [4.69, 9.17) is 4.99 Å². The van der Waals surface area contributed by atoms with Crippen LogP contribution in [-0.2, 0) is 0 Å². The first-order valence-corrected chi connectivity index (χ1v) is 7.75. The van der Waals surface area contributed by atoms with Gasteiger partial charge < -0.3 is 5.32 Å². The number of thioether (sulfide) groups is 1. The van der Waals surface area contributed by atoms with Crippen molar-refractivity contribution >= 4 is 16.9 Å². The summed E-state index contributed by atoms with van der Waals surface area (Å²) in [6.45, 7) is 4.62. The van der Waals surface area contributed by atoms with Gasteiger partial charge in [-0.15, -0.1) is 0 Å². The minimum absolute atomic E-state index is 0.577. The van der Waals surface area contributed by atoms with Crippen LogP contribution in [0.5, 0.6) is 0 Å². The molecule has 3 unspecified atom stereocenters. The molecule has 16 heavy (non-hydrogen) atoms. The minimum Gasteiger partial charge on any atom is -0.361 e. The van der Waals surface area contributed by atoms with Crippen molar-refractivity contribution in [1.29, 1.82) is 0 Å². The van der Waals surface area contributed by atoms with Gasteiger partial charge in [-0.1, -0.05) is 44.9 Å². The van der Waals surface area contributed by atoms with E-state index in [0.717, 1.165) is 5.92 Å². The van der Waals surface area contributed by atoms with Crippen molar-refractivity contribution in [2.24, 2.45) is 10.9 Å². The second kappa shape index (κ2) is 5.95. The van der Waals surface area contributed by atoms with Crippen LogP contribution in [0.15, 0.2) is 4.99 Å². The minimum atomic E-state index is 0.577. The Morgan fingerprint density at radius 2 is 2.12 bits per heavy atom. The maximum Gasteiger partial charge on any atom is 0.157 e. The molecule has 92 valence electrons. The van der Waals surface area contributed by atoms with E-state index < -0.39 is 0 Å². The van der Waals surface area contributed by atoms with Gasteiger partial charge in [-0.3, -0.25) is 4.99 Å². The highest BCUT2D eigenvalue weighted by atomic mass is 32.2. The molecule has 0 spiro atoms. The quantitative estimate of drug-likeness (QED) is 0.748. The summed E-state index contributed by atoms with van der Waals surface area (Å²) in [6, 6.07) is 1.23. The van der Waals surface area contributed by atoms with E-state index in [2.05, 4.69) is 19.2 Å². The Balaban J connectivity index is 1.93. The Morgan fingerprint density at radius 3 is 2.88 bits per heavy atom. The molecule has 3 heteroatoms. The second-order valence-corrected chi connectivity index (χ2v) is 6.19. The summed E-state index contributed by atoms with van der Waals surface area (Å²) in [4.78, 5) is 4.94. The zero-order valence-electron chi connectivity index (χ0n) is 10.5. The van der Waals surface area contributed by atoms with Crippen LogP contribution in [0.2, 0.25) is 0 Å². The summed E-state index contributed by atoms with van der Waals surface area (Å²) >= 11 is 1.92. The van der Waals surface area contributed by atoms with E-state index in [1.807, 2.05) is 11.8 Å². The third-order valence-electron chi connectivity index (χ3n) is 3.84. The van der Waals surface area contributed by atoms with Gasteiger partial charge in [0.15, 0.2) is 5.17 Å². The Kier molecular flexibility index (Phi) is 4.56. The van der Waals surface area contributed by atoms with E-state index >= 15 is 0 Å². The van der Waals surface area contributed by atoms with Crippen LogP contribution in [0, 0.1) is 5.92 Å². The maximum absolute atomic E-state index is 4.94. The third kappa shape index (κ3) is 3.16. The van der Waals surface area contributed by atoms with Crippen molar-refractivity contribution in [3.8, 4) is 0 Å². The van der Waals surface area contributed by atoms with Crippen molar-refractivity contribution in [2.75, 3.05) is 5.75 Å². The summed E-state index contributed by atoms with van der Waals surface area (Å²) in [5.74, 6) is 1.98. The smallest absolute Gasteiger partial charge is 0.157 e. The number of aliphatic imine (C=N–C) groups is 1. The first-order valence-electron chi connectivity index (χ1n) is 6.76. The van der Waals surface area contributed by atoms with Crippen molar-refractivity contribution in [3.05, 3.63) is 0 Å². The molecule has 1 aliphatic heterocycles. The average Bonchev–Trinajstić information content (AvgIpc) is 2.65.